The average molecular weight is 237 g/mol. The first-order valence-electron chi connectivity index (χ1n) is 7.72. The normalized spacial score (nSPS) is 42.4. The van der Waals surface area contributed by atoms with E-state index in [0.717, 1.165) is 23.9 Å². The smallest absolute Gasteiger partial charge is 0.0101 e. The molecular weight excluding hydrogens is 206 g/mol. The molecule has 2 saturated carbocycles. The third-order valence-electron chi connectivity index (χ3n) is 5.04. The monoisotopic (exact) mass is 237 g/mol. The Morgan fingerprint density at radius 1 is 0.941 bits per heavy atom. The topological polar surface area (TPSA) is 12.0 Å². The van der Waals surface area contributed by atoms with E-state index in [2.05, 4.69) is 33.0 Å². The summed E-state index contributed by atoms with van der Waals surface area (Å²) in [5, 5.41) is 3.98. The van der Waals surface area contributed by atoms with E-state index in [1.807, 2.05) is 0 Å². The van der Waals surface area contributed by atoms with E-state index >= 15 is 0 Å². The first kappa shape index (κ1) is 13.4. The van der Waals surface area contributed by atoms with Crippen molar-refractivity contribution < 1.29 is 0 Å². The molecule has 0 aromatic rings. The molecule has 1 heteroatoms. The van der Waals surface area contributed by atoms with Crippen molar-refractivity contribution in [3.05, 3.63) is 0 Å². The second-order valence-corrected chi connectivity index (χ2v) is 7.63. The van der Waals surface area contributed by atoms with Gasteiger partial charge in [-0.2, -0.15) is 0 Å². The minimum absolute atomic E-state index is 0.565. The first-order chi connectivity index (χ1) is 7.96. The number of nitrogens with one attached hydrogen (secondary N) is 1. The van der Waals surface area contributed by atoms with Crippen molar-refractivity contribution in [3.8, 4) is 0 Å². The summed E-state index contributed by atoms with van der Waals surface area (Å²) in [6.45, 7) is 9.72. The van der Waals surface area contributed by atoms with Gasteiger partial charge in [-0.05, 0) is 49.4 Å². The molecule has 0 saturated heterocycles. The predicted octanol–water partition coefficient (Wildman–Crippen LogP) is 4.37. The molecule has 17 heavy (non-hydrogen) atoms. The van der Waals surface area contributed by atoms with Crippen LogP contribution >= 0.6 is 0 Å². The van der Waals surface area contributed by atoms with E-state index in [4.69, 9.17) is 0 Å². The highest BCUT2D eigenvalue weighted by molar-refractivity contribution is 4.93. The molecule has 4 unspecified atom stereocenters. The molecule has 100 valence electrons. The van der Waals surface area contributed by atoms with E-state index in [-0.39, 0.29) is 0 Å². The SMILES string of the molecule is CC1CCCC(NC2CC(C)(C)CC2C)CC1. The van der Waals surface area contributed by atoms with E-state index in [9.17, 15) is 0 Å². The molecule has 0 aromatic carbocycles. The maximum absolute atomic E-state index is 3.98. The lowest BCUT2D eigenvalue weighted by Crippen LogP contribution is -2.39. The van der Waals surface area contributed by atoms with E-state index < -0.39 is 0 Å². The molecule has 0 aliphatic heterocycles. The molecular formula is C16H31N. The summed E-state index contributed by atoms with van der Waals surface area (Å²) in [4.78, 5) is 0. The van der Waals surface area contributed by atoms with Crippen LogP contribution in [-0.4, -0.2) is 12.1 Å². The fourth-order valence-corrected chi connectivity index (χ4v) is 4.07. The Hall–Kier alpha value is -0.0400. The summed E-state index contributed by atoms with van der Waals surface area (Å²) < 4.78 is 0. The average Bonchev–Trinajstić information content (AvgIpc) is 2.37. The Labute approximate surface area is 108 Å². The predicted molar refractivity (Wildman–Crippen MR) is 75.1 cm³/mol. The van der Waals surface area contributed by atoms with Crippen LogP contribution in [0.15, 0.2) is 0 Å². The third kappa shape index (κ3) is 3.71. The zero-order valence-corrected chi connectivity index (χ0v) is 12.3. The fraction of sp³-hybridized carbons (Fsp3) is 1.00. The van der Waals surface area contributed by atoms with Gasteiger partial charge in [0, 0.05) is 12.1 Å². The zero-order valence-electron chi connectivity index (χ0n) is 12.3. The summed E-state index contributed by atoms with van der Waals surface area (Å²) in [7, 11) is 0. The van der Waals surface area contributed by atoms with Crippen LogP contribution in [0.25, 0.3) is 0 Å². The fourth-order valence-electron chi connectivity index (χ4n) is 4.07. The van der Waals surface area contributed by atoms with Crippen LogP contribution in [0, 0.1) is 17.3 Å². The lowest BCUT2D eigenvalue weighted by molar-refractivity contribution is 0.335. The summed E-state index contributed by atoms with van der Waals surface area (Å²) in [5.74, 6) is 1.82. The molecule has 0 spiro atoms. The molecule has 1 N–H and O–H groups in total. The maximum Gasteiger partial charge on any atom is 0.0101 e. The van der Waals surface area contributed by atoms with Crippen LogP contribution in [0.1, 0.15) is 72.6 Å². The minimum Gasteiger partial charge on any atom is -0.311 e. The summed E-state index contributed by atoms with van der Waals surface area (Å²) in [6.07, 6.45) is 9.90. The van der Waals surface area contributed by atoms with Gasteiger partial charge in [-0.25, -0.2) is 0 Å². The van der Waals surface area contributed by atoms with Crippen molar-refractivity contribution in [2.75, 3.05) is 0 Å². The van der Waals surface area contributed by atoms with Gasteiger partial charge in [-0.15, -0.1) is 0 Å². The molecule has 4 atom stereocenters. The van der Waals surface area contributed by atoms with Crippen molar-refractivity contribution >= 4 is 0 Å². The molecule has 0 radical (unpaired) electrons. The van der Waals surface area contributed by atoms with Crippen molar-refractivity contribution in [2.45, 2.75) is 84.7 Å². The number of hydrogen-bond donors (Lipinski definition) is 1. The highest BCUT2D eigenvalue weighted by Crippen LogP contribution is 2.41. The van der Waals surface area contributed by atoms with E-state index in [1.165, 1.54) is 44.9 Å². The molecule has 0 heterocycles. The van der Waals surface area contributed by atoms with Gasteiger partial charge in [0.2, 0.25) is 0 Å². The van der Waals surface area contributed by atoms with Crippen molar-refractivity contribution in [3.63, 3.8) is 0 Å². The van der Waals surface area contributed by atoms with Gasteiger partial charge in [0.25, 0.3) is 0 Å². The summed E-state index contributed by atoms with van der Waals surface area (Å²) in [6, 6.07) is 1.59. The van der Waals surface area contributed by atoms with Crippen molar-refractivity contribution in [1.82, 2.24) is 5.32 Å². The van der Waals surface area contributed by atoms with Crippen LogP contribution in [0.3, 0.4) is 0 Å². The van der Waals surface area contributed by atoms with Crippen LogP contribution in [0.5, 0.6) is 0 Å². The van der Waals surface area contributed by atoms with Crippen LogP contribution in [0.4, 0.5) is 0 Å². The maximum atomic E-state index is 3.98. The molecule has 0 amide bonds. The van der Waals surface area contributed by atoms with Gasteiger partial charge in [-0.1, -0.05) is 40.5 Å². The highest BCUT2D eigenvalue weighted by atomic mass is 15.0. The number of hydrogen-bond acceptors (Lipinski definition) is 1. The molecule has 2 rings (SSSR count). The van der Waals surface area contributed by atoms with E-state index in [1.54, 1.807) is 0 Å². The second kappa shape index (κ2) is 5.30. The van der Waals surface area contributed by atoms with Gasteiger partial charge in [-0.3, -0.25) is 0 Å². The van der Waals surface area contributed by atoms with Gasteiger partial charge < -0.3 is 5.32 Å². The molecule has 2 aliphatic carbocycles. The first-order valence-corrected chi connectivity index (χ1v) is 7.72. The minimum atomic E-state index is 0.565. The largest absolute Gasteiger partial charge is 0.311 e. The molecule has 2 aliphatic rings. The molecule has 0 bridgehead atoms. The van der Waals surface area contributed by atoms with Crippen LogP contribution in [-0.2, 0) is 0 Å². The standard InChI is InChI=1S/C16H31N/c1-12-6-5-7-14(9-8-12)17-15-11-16(3,4)10-13(15)2/h12-15,17H,5-11H2,1-4H3. The van der Waals surface area contributed by atoms with Gasteiger partial charge in [0.1, 0.15) is 0 Å². The van der Waals surface area contributed by atoms with Crippen LogP contribution < -0.4 is 5.32 Å². The Morgan fingerprint density at radius 3 is 2.35 bits per heavy atom. The zero-order chi connectivity index (χ0) is 12.5. The second-order valence-electron chi connectivity index (χ2n) is 7.63. The van der Waals surface area contributed by atoms with Crippen molar-refractivity contribution in [1.29, 1.82) is 0 Å². The van der Waals surface area contributed by atoms with Crippen molar-refractivity contribution in [2.24, 2.45) is 17.3 Å². The Kier molecular flexibility index (Phi) is 4.18. The van der Waals surface area contributed by atoms with Gasteiger partial charge in [0.05, 0.1) is 0 Å². The lowest BCUT2D eigenvalue weighted by atomic mass is 9.91. The van der Waals surface area contributed by atoms with Gasteiger partial charge >= 0.3 is 0 Å². The number of rotatable bonds is 2. The Bertz CT molecular complexity index is 246. The highest BCUT2D eigenvalue weighted by Gasteiger charge is 2.37. The van der Waals surface area contributed by atoms with E-state index in [0.29, 0.717) is 5.41 Å². The molecule has 0 aromatic heterocycles. The molecule has 1 nitrogen and oxygen atoms in total. The quantitative estimate of drug-likeness (QED) is 0.703. The Balaban J connectivity index is 1.84. The lowest BCUT2D eigenvalue weighted by Gasteiger charge is -2.25. The summed E-state index contributed by atoms with van der Waals surface area (Å²) >= 11 is 0. The Morgan fingerprint density at radius 2 is 1.71 bits per heavy atom. The third-order valence-corrected chi connectivity index (χ3v) is 5.04. The summed E-state index contributed by atoms with van der Waals surface area (Å²) in [5.41, 5.74) is 0.565. The molecule has 2 fully saturated rings. The van der Waals surface area contributed by atoms with Gasteiger partial charge in [0.15, 0.2) is 0 Å². The van der Waals surface area contributed by atoms with Crippen LogP contribution in [0.2, 0.25) is 0 Å².